The van der Waals surface area contributed by atoms with Crippen molar-refractivity contribution in [1.29, 1.82) is 0 Å². The molecule has 1 aliphatic carbocycles. The SMILES string of the molecule is Clc1ccccc1[C@@H]1Cn2nnc(-c3noc(-c4cc(C5CC5)[nH]n4)n3)c2CO1. The maximum Gasteiger partial charge on any atom is 0.278 e. The molecule has 9 nitrogen and oxygen atoms in total. The molecule has 0 saturated heterocycles. The van der Waals surface area contributed by atoms with Crippen LogP contribution in [0.4, 0.5) is 0 Å². The molecule has 4 heterocycles. The number of hydrogen-bond donors (Lipinski definition) is 1. The van der Waals surface area contributed by atoms with E-state index >= 15 is 0 Å². The predicted octanol–water partition coefficient (Wildman–Crippen LogP) is 3.52. The second-order valence-corrected chi connectivity index (χ2v) is 7.70. The van der Waals surface area contributed by atoms with Gasteiger partial charge in [-0.3, -0.25) is 5.10 Å². The van der Waals surface area contributed by atoms with E-state index in [0.717, 1.165) is 17.0 Å². The van der Waals surface area contributed by atoms with Gasteiger partial charge in [0.05, 0.1) is 18.8 Å². The minimum Gasteiger partial charge on any atom is -0.365 e. The van der Waals surface area contributed by atoms with Gasteiger partial charge in [-0.25, -0.2) is 4.68 Å². The second-order valence-electron chi connectivity index (χ2n) is 7.29. The zero-order chi connectivity index (χ0) is 19.4. The summed E-state index contributed by atoms with van der Waals surface area (Å²) in [5, 5.41) is 20.6. The number of fused-ring (bicyclic) bond motifs is 1. The van der Waals surface area contributed by atoms with E-state index in [1.54, 1.807) is 0 Å². The Morgan fingerprint density at radius 1 is 1.21 bits per heavy atom. The fraction of sp³-hybridized carbons (Fsp3) is 0.316. The summed E-state index contributed by atoms with van der Waals surface area (Å²) in [6.07, 6.45) is 2.20. The fourth-order valence-electron chi connectivity index (χ4n) is 3.58. The molecule has 6 rings (SSSR count). The van der Waals surface area contributed by atoms with Crippen molar-refractivity contribution in [1.82, 2.24) is 35.3 Å². The first-order valence-electron chi connectivity index (χ1n) is 9.44. The summed E-state index contributed by atoms with van der Waals surface area (Å²) in [6.45, 7) is 0.844. The highest BCUT2D eigenvalue weighted by Crippen LogP contribution is 2.40. The Bertz CT molecular complexity index is 1190. The molecule has 10 heteroatoms. The third-order valence-corrected chi connectivity index (χ3v) is 5.67. The molecule has 4 aromatic rings. The van der Waals surface area contributed by atoms with E-state index in [2.05, 4.69) is 30.7 Å². The van der Waals surface area contributed by atoms with Crippen molar-refractivity contribution in [2.45, 2.75) is 38.0 Å². The zero-order valence-electron chi connectivity index (χ0n) is 15.2. The van der Waals surface area contributed by atoms with Gasteiger partial charge >= 0.3 is 0 Å². The van der Waals surface area contributed by atoms with Gasteiger partial charge in [-0.15, -0.1) is 5.10 Å². The van der Waals surface area contributed by atoms with Crippen molar-refractivity contribution in [2.75, 3.05) is 0 Å². The Labute approximate surface area is 170 Å². The van der Waals surface area contributed by atoms with E-state index in [4.69, 9.17) is 20.9 Å². The van der Waals surface area contributed by atoms with Crippen molar-refractivity contribution in [3.63, 3.8) is 0 Å². The van der Waals surface area contributed by atoms with Gasteiger partial charge in [0, 0.05) is 22.2 Å². The van der Waals surface area contributed by atoms with Crippen molar-refractivity contribution >= 4 is 11.6 Å². The van der Waals surface area contributed by atoms with E-state index in [1.165, 1.54) is 12.8 Å². The van der Waals surface area contributed by atoms with Gasteiger partial charge < -0.3 is 9.26 Å². The molecule has 0 amide bonds. The van der Waals surface area contributed by atoms with Crippen LogP contribution in [0.5, 0.6) is 0 Å². The Morgan fingerprint density at radius 3 is 2.97 bits per heavy atom. The van der Waals surface area contributed by atoms with Crippen LogP contribution in [-0.2, 0) is 17.9 Å². The van der Waals surface area contributed by atoms with Crippen LogP contribution in [0.3, 0.4) is 0 Å². The first-order chi connectivity index (χ1) is 14.3. The van der Waals surface area contributed by atoms with Crippen LogP contribution in [0.25, 0.3) is 23.1 Å². The largest absolute Gasteiger partial charge is 0.365 e. The molecule has 2 aliphatic rings. The fourth-order valence-corrected chi connectivity index (χ4v) is 3.84. The molecular formula is C19H16ClN7O2. The summed E-state index contributed by atoms with van der Waals surface area (Å²) in [6, 6.07) is 9.62. The third-order valence-electron chi connectivity index (χ3n) is 5.32. The molecule has 29 heavy (non-hydrogen) atoms. The Hall–Kier alpha value is -3.04. The summed E-state index contributed by atoms with van der Waals surface area (Å²) in [4.78, 5) is 4.46. The van der Waals surface area contributed by atoms with Crippen LogP contribution in [0.1, 0.15) is 41.8 Å². The van der Waals surface area contributed by atoms with Gasteiger partial charge in [0.2, 0.25) is 5.82 Å². The van der Waals surface area contributed by atoms with E-state index in [-0.39, 0.29) is 6.10 Å². The van der Waals surface area contributed by atoms with Crippen molar-refractivity contribution in [2.24, 2.45) is 0 Å². The Morgan fingerprint density at radius 2 is 2.10 bits per heavy atom. The predicted molar refractivity (Wildman–Crippen MR) is 102 cm³/mol. The number of H-pyrrole nitrogens is 1. The van der Waals surface area contributed by atoms with E-state index < -0.39 is 0 Å². The standard InChI is InChI=1S/C19H16ClN7O2/c20-12-4-2-1-3-11(12)16-8-27-15(9-28-16)17(24-26-27)18-21-19(29-25-18)14-7-13(22-23-14)10-5-6-10/h1-4,7,10,16H,5-6,8-9H2,(H,22,23)/t16-/m0/s1. The van der Waals surface area contributed by atoms with Crippen LogP contribution >= 0.6 is 11.6 Å². The van der Waals surface area contributed by atoms with E-state index in [9.17, 15) is 0 Å². The zero-order valence-corrected chi connectivity index (χ0v) is 16.0. The summed E-state index contributed by atoms with van der Waals surface area (Å²) in [7, 11) is 0. The lowest BCUT2D eigenvalue weighted by atomic mass is 10.1. The van der Waals surface area contributed by atoms with Crippen LogP contribution in [0.15, 0.2) is 34.9 Å². The molecule has 1 N–H and O–H groups in total. The van der Waals surface area contributed by atoms with Gasteiger partial charge in [0.25, 0.3) is 5.89 Å². The molecule has 3 aromatic heterocycles. The summed E-state index contributed by atoms with van der Waals surface area (Å²) in [5.74, 6) is 1.30. The van der Waals surface area contributed by atoms with Crippen molar-refractivity contribution < 1.29 is 9.26 Å². The highest BCUT2D eigenvalue weighted by atomic mass is 35.5. The van der Waals surface area contributed by atoms with Crippen molar-refractivity contribution in [3.8, 4) is 23.1 Å². The molecule has 1 saturated carbocycles. The number of halogens is 1. The number of ether oxygens (including phenoxy) is 1. The summed E-state index contributed by atoms with van der Waals surface area (Å²) in [5.41, 5.74) is 4.04. The molecular weight excluding hydrogens is 394 g/mol. The highest BCUT2D eigenvalue weighted by molar-refractivity contribution is 6.31. The molecule has 0 radical (unpaired) electrons. The van der Waals surface area contributed by atoms with Gasteiger partial charge in [-0.05, 0) is 25.0 Å². The van der Waals surface area contributed by atoms with Gasteiger partial charge in [-0.2, -0.15) is 10.1 Å². The van der Waals surface area contributed by atoms with Gasteiger partial charge in [0.1, 0.15) is 6.10 Å². The minimum absolute atomic E-state index is 0.184. The first kappa shape index (κ1) is 16.9. The van der Waals surface area contributed by atoms with E-state index in [0.29, 0.717) is 47.2 Å². The average molecular weight is 410 g/mol. The summed E-state index contributed by atoms with van der Waals surface area (Å²) >= 11 is 6.31. The number of nitrogens with one attached hydrogen (secondary N) is 1. The lowest BCUT2D eigenvalue weighted by Crippen LogP contribution is -2.22. The van der Waals surface area contributed by atoms with Crippen LogP contribution in [-0.4, -0.2) is 35.3 Å². The number of benzene rings is 1. The van der Waals surface area contributed by atoms with Gasteiger partial charge in [0.15, 0.2) is 11.4 Å². The molecule has 1 aliphatic heterocycles. The molecule has 0 spiro atoms. The van der Waals surface area contributed by atoms with Crippen LogP contribution < -0.4 is 0 Å². The maximum atomic E-state index is 6.31. The Balaban J connectivity index is 1.27. The van der Waals surface area contributed by atoms with Crippen LogP contribution in [0, 0.1) is 0 Å². The smallest absolute Gasteiger partial charge is 0.278 e. The lowest BCUT2D eigenvalue weighted by Gasteiger charge is -2.24. The normalized spacial score (nSPS) is 18.7. The second kappa shape index (κ2) is 6.50. The number of hydrogen-bond acceptors (Lipinski definition) is 7. The first-order valence-corrected chi connectivity index (χ1v) is 9.82. The maximum absolute atomic E-state index is 6.31. The minimum atomic E-state index is -0.184. The molecule has 146 valence electrons. The molecule has 0 bridgehead atoms. The molecule has 0 unspecified atom stereocenters. The number of aromatic amines is 1. The quantitative estimate of drug-likeness (QED) is 0.549. The summed E-state index contributed by atoms with van der Waals surface area (Å²) < 4.78 is 13.2. The number of rotatable bonds is 4. The van der Waals surface area contributed by atoms with E-state index in [1.807, 2.05) is 35.0 Å². The monoisotopic (exact) mass is 409 g/mol. The lowest BCUT2D eigenvalue weighted by molar-refractivity contribution is -0.00106. The molecule has 1 aromatic carbocycles. The average Bonchev–Trinajstić information content (AvgIpc) is 3.15. The number of nitrogens with zero attached hydrogens (tertiary/aromatic N) is 6. The van der Waals surface area contributed by atoms with Crippen molar-refractivity contribution in [3.05, 3.63) is 52.3 Å². The topological polar surface area (TPSA) is 108 Å². The van der Waals surface area contributed by atoms with Gasteiger partial charge in [-0.1, -0.05) is 40.2 Å². The number of aromatic nitrogens is 7. The third kappa shape index (κ3) is 2.93. The highest BCUT2D eigenvalue weighted by Gasteiger charge is 2.29. The van der Waals surface area contributed by atoms with Crippen LogP contribution in [0.2, 0.25) is 5.02 Å². The Kier molecular flexibility index (Phi) is 3.78. The molecule has 1 fully saturated rings. The molecule has 1 atom stereocenters.